The maximum atomic E-state index is 14.7. The molecule has 392 valence electrons. The van der Waals surface area contributed by atoms with Gasteiger partial charge in [0.1, 0.15) is 29.8 Å². The van der Waals surface area contributed by atoms with E-state index in [-0.39, 0.29) is 73.3 Å². The number of benzene rings is 2. The van der Waals surface area contributed by atoms with E-state index in [4.69, 9.17) is 53.5 Å². The number of thiocarbonyl (C=S) groups is 2. The fourth-order valence-electron chi connectivity index (χ4n) is 9.24. The normalized spacial score (nSPS) is 17.9. The van der Waals surface area contributed by atoms with E-state index in [2.05, 4.69) is 62.3 Å². The quantitative estimate of drug-likeness (QED) is 0.0359. The number of isothiocyanates is 1. The van der Waals surface area contributed by atoms with E-state index in [1.807, 2.05) is 24.3 Å². The van der Waals surface area contributed by atoms with Crippen molar-refractivity contribution >= 4 is 93.2 Å². The highest BCUT2D eigenvalue weighted by molar-refractivity contribution is 7.80. The second-order valence-corrected chi connectivity index (χ2v) is 19.4. The van der Waals surface area contributed by atoms with Gasteiger partial charge >= 0.3 is 0 Å². The molecule has 2 aliphatic heterocycles. The number of nitrogens with one attached hydrogen (secondary N) is 6. The first-order chi connectivity index (χ1) is 36.6. The van der Waals surface area contributed by atoms with Gasteiger partial charge in [0.25, 0.3) is 11.8 Å². The topological polar surface area (TPSA) is 237 Å². The SMILES string of the molecule is CN1CCC(NC(=O)c2cnc(NN)c(Cl)c2)C1=O.CN1CCC(NC(=O)c2cnc(NNC(=S)NC3c4cnccc4CCc4c(F)cccc43)c(Cl)c2)C1=O.Fc1cccc2c1CCc1ccncc1C2N=C=S. The number of nitrogens with zero attached hydrogens (tertiary/aromatic N) is 7. The molecule has 2 aromatic carbocycles. The van der Waals surface area contributed by atoms with Crippen molar-refractivity contribution in [2.24, 2.45) is 10.8 Å². The Balaban J connectivity index is 0.000000168. The molecule has 6 aromatic rings. The first-order valence-corrected chi connectivity index (χ1v) is 25.4. The average molecular weight is 1110 g/mol. The second kappa shape index (κ2) is 24.8. The van der Waals surface area contributed by atoms with Gasteiger partial charge in [0.05, 0.1) is 32.4 Å². The van der Waals surface area contributed by atoms with Gasteiger partial charge in [-0.05, 0) is 133 Å². The van der Waals surface area contributed by atoms with Crippen LogP contribution in [0.5, 0.6) is 0 Å². The van der Waals surface area contributed by atoms with Gasteiger partial charge in [-0.2, -0.15) is 0 Å². The number of hydrogen-bond donors (Lipinski definition) is 7. The number of carbonyl (C=O) groups excluding carboxylic acids is 4. The summed E-state index contributed by atoms with van der Waals surface area (Å²) in [4.78, 5) is 72.2. The summed E-state index contributed by atoms with van der Waals surface area (Å²) in [5, 5.41) is 11.7. The van der Waals surface area contributed by atoms with Crippen LogP contribution in [0, 0.1) is 11.6 Å². The van der Waals surface area contributed by atoms with Gasteiger partial charge in [0.15, 0.2) is 16.7 Å². The molecule has 4 aromatic heterocycles. The number of anilines is 2. The number of aliphatic imine (C=N–C) groups is 1. The van der Waals surface area contributed by atoms with E-state index in [1.54, 1.807) is 60.8 Å². The third kappa shape index (κ3) is 12.6. The van der Waals surface area contributed by atoms with E-state index >= 15 is 0 Å². The number of aryl methyl sites for hydroxylation is 2. The van der Waals surface area contributed by atoms with Crippen LogP contribution in [0.25, 0.3) is 0 Å². The minimum absolute atomic E-state index is 0.0901. The number of likely N-dealkylation sites (tertiary alicyclic amines) is 2. The summed E-state index contributed by atoms with van der Waals surface area (Å²) in [5.41, 5.74) is 15.7. The molecule has 0 spiro atoms. The van der Waals surface area contributed by atoms with Gasteiger partial charge in [-0.25, -0.2) is 29.6 Å². The van der Waals surface area contributed by atoms with Crippen LogP contribution in [0.2, 0.25) is 10.0 Å². The molecule has 6 heterocycles. The lowest BCUT2D eigenvalue weighted by Crippen LogP contribution is -2.41. The van der Waals surface area contributed by atoms with Crippen LogP contribution in [0.15, 0.2) is 103 Å². The van der Waals surface area contributed by atoms with Crippen LogP contribution in [0.4, 0.5) is 20.4 Å². The third-order valence-corrected chi connectivity index (χ3v) is 14.2. The number of carbonyl (C=O) groups is 4. The van der Waals surface area contributed by atoms with E-state index in [0.717, 1.165) is 45.4 Å². The molecule has 2 fully saturated rings. The van der Waals surface area contributed by atoms with Crippen molar-refractivity contribution < 1.29 is 28.0 Å². The Morgan fingerprint density at radius 3 is 1.74 bits per heavy atom. The van der Waals surface area contributed by atoms with Crippen LogP contribution < -0.4 is 38.1 Å². The van der Waals surface area contributed by atoms with Crippen molar-refractivity contribution in [3.8, 4) is 0 Å². The number of likely N-dealkylation sites (N-methyl/N-ethyl adjacent to an activating group) is 2. The molecule has 4 amide bonds. The van der Waals surface area contributed by atoms with E-state index < -0.39 is 24.0 Å². The number of fused-ring (bicyclic) bond motifs is 4. The third-order valence-electron chi connectivity index (χ3n) is 13.3. The molecule has 18 nitrogen and oxygen atoms in total. The molecular formula is C52H50Cl2F2N14O4S2. The molecule has 4 aliphatic rings. The van der Waals surface area contributed by atoms with Gasteiger partial charge in [0.2, 0.25) is 11.8 Å². The predicted octanol–water partition coefficient (Wildman–Crippen LogP) is 6.40. The lowest BCUT2D eigenvalue weighted by Gasteiger charge is -2.23. The predicted molar refractivity (Wildman–Crippen MR) is 291 cm³/mol. The number of hydrazine groups is 2. The van der Waals surface area contributed by atoms with Crippen molar-refractivity contribution in [3.05, 3.63) is 175 Å². The Hall–Kier alpha value is -7.59. The summed E-state index contributed by atoms with van der Waals surface area (Å²) in [6.45, 7) is 1.23. The highest BCUT2D eigenvalue weighted by Crippen LogP contribution is 2.36. The lowest BCUT2D eigenvalue weighted by molar-refractivity contribution is -0.128. The summed E-state index contributed by atoms with van der Waals surface area (Å²) in [6.07, 6.45) is 13.6. The molecule has 0 bridgehead atoms. The summed E-state index contributed by atoms with van der Waals surface area (Å²) in [6, 6.07) is 15.2. The van der Waals surface area contributed by atoms with Crippen molar-refractivity contribution in [1.82, 2.24) is 51.1 Å². The molecule has 2 aliphatic carbocycles. The van der Waals surface area contributed by atoms with Crippen molar-refractivity contribution in [3.63, 3.8) is 0 Å². The molecular weight excluding hydrogens is 1060 g/mol. The number of aromatic nitrogens is 4. The molecule has 2 saturated heterocycles. The number of nitrogens with two attached hydrogens (primary N) is 1. The van der Waals surface area contributed by atoms with Crippen molar-refractivity contribution in [1.29, 1.82) is 0 Å². The van der Waals surface area contributed by atoms with Gasteiger partial charge in [-0.3, -0.25) is 40.0 Å². The maximum Gasteiger partial charge on any atom is 0.253 e. The number of rotatable bonds is 9. The molecule has 4 atom stereocenters. The standard InChI is InChI=1S/C26H25ClFN7O2S.C15H11FN2S.C11H14ClN5O2/c1-35-10-8-21(25(35)37)31-24(36)15-11-19(27)23(30-12-15)33-34-26(38)32-22-17-3-2-4-20(28)16(17)6-5-14-7-9-29-13-18(14)22;16-14-3-1-2-12-11(14)5-4-10-6-7-17-8-13(10)15(12)18-9-19;1-17-3-2-8(11(17)19)15-10(18)6-4-7(12)9(16-13)14-5-6/h2-4,7,9,11-13,21-22H,5-6,8,10H2,1H3,(H,30,33)(H,31,36)(H2,32,34,38);1-3,6-8,15H,4-5H2;4-5,8H,2-3,13H2,1H3,(H,14,16)(H,15,18). The number of pyridine rings is 4. The average Bonchev–Trinajstić information content (AvgIpc) is 3.77. The molecule has 0 saturated carbocycles. The smallest absolute Gasteiger partial charge is 0.253 e. The Labute approximate surface area is 456 Å². The Morgan fingerprint density at radius 2 is 1.22 bits per heavy atom. The van der Waals surface area contributed by atoms with Gasteiger partial charge in [0, 0.05) is 75.5 Å². The monoisotopic (exact) mass is 1110 g/mol. The van der Waals surface area contributed by atoms with Crippen LogP contribution in [-0.2, 0) is 35.3 Å². The maximum absolute atomic E-state index is 14.7. The fraction of sp³-hybridized carbons (Fsp3) is 0.269. The lowest BCUT2D eigenvalue weighted by atomic mass is 9.96. The number of amides is 4. The highest BCUT2D eigenvalue weighted by atomic mass is 35.5. The first kappa shape index (κ1) is 54.7. The second-order valence-electron chi connectivity index (χ2n) is 17.9. The van der Waals surface area contributed by atoms with Crippen LogP contribution in [0.1, 0.15) is 90.1 Å². The molecule has 10 rings (SSSR count). The van der Waals surface area contributed by atoms with Gasteiger partial charge in [-0.15, -0.1) is 0 Å². The largest absolute Gasteiger partial charge is 0.350 e. The van der Waals surface area contributed by atoms with Crippen LogP contribution in [0.3, 0.4) is 0 Å². The highest BCUT2D eigenvalue weighted by Gasteiger charge is 2.33. The van der Waals surface area contributed by atoms with E-state index in [0.29, 0.717) is 50.8 Å². The summed E-state index contributed by atoms with van der Waals surface area (Å²) in [7, 11) is 3.40. The Kier molecular flexibility index (Phi) is 17.9. The first-order valence-electron chi connectivity index (χ1n) is 23.8. The number of nitrogen functional groups attached to an aromatic ring is 1. The van der Waals surface area contributed by atoms with Gasteiger partial charge < -0.3 is 31.2 Å². The molecule has 24 heteroatoms. The Bertz CT molecular complexity index is 3260. The van der Waals surface area contributed by atoms with E-state index in [1.165, 1.54) is 36.7 Å². The summed E-state index contributed by atoms with van der Waals surface area (Å²) < 4.78 is 28.6. The molecule has 8 N–H and O–H groups in total. The molecule has 76 heavy (non-hydrogen) atoms. The van der Waals surface area contributed by atoms with Crippen LogP contribution in [-0.4, -0.2) is 103 Å². The van der Waals surface area contributed by atoms with E-state index in [9.17, 15) is 28.0 Å². The number of halogens is 4. The minimum atomic E-state index is -0.558. The van der Waals surface area contributed by atoms with Crippen LogP contribution >= 0.6 is 47.6 Å². The van der Waals surface area contributed by atoms with Gasteiger partial charge in [-0.1, -0.05) is 47.5 Å². The number of hydrogen-bond acceptors (Lipinski definition) is 14. The zero-order chi connectivity index (χ0) is 54.0. The zero-order valence-electron chi connectivity index (χ0n) is 40.9. The Morgan fingerprint density at radius 1 is 0.711 bits per heavy atom. The zero-order valence-corrected chi connectivity index (χ0v) is 44.0. The summed E-state index contributed by atoms with van der Waals surface area (Å²) in [5.74, 6) is 4.27. The summed E-state index contributed by atoms with van der Waals surface area (Å²) >= 11 is 22.5. The molecule has 4 unspecified atom stereocenters. The fourth-order valence-corrected chi connectivity index (χ4v) is 9.95. The minimum Gasteiger partial charge on any atom is -0.350 e. The molecule has 0 radical (unpaired) electrons. The van der Waals surface area contributed by atoms with Crippen molar-refractivity contribution in [2.75, 3.05) is 38.0 Å². The van der Waals surface area contributed by atoms with Crippen molar-refractivity contribution in [2.45, 2.75) is 62.7 Å².